The monoisotopic (exact) mass is 386 g/mol. The molecule has 7 rings (SSSR count). The predicted molar refractivity (Wildman–Crippen MR) is 125 cm³/mol. The molecule has 0 aliphatic rings. The first-order valence-corrected chi connectivity index (χ1v) is 10.5. The third-order valence-electron chi connectivity index (χ3n) is 5.92. The van der Waals surface area contributed by atoms with Gasteiger partial charge in [-0.25, -0.2) is 0 Å². The van der Waals surface area contributed by atoms with E-state index in [2.05, 4.69) is 72.8 Å². The van der Waals surface area contributed by atoms with Crippen molar-refractivity contribution in [2.45, 2.75) is 0 Å². The van der Waals surface area contributed by atoms with Gasteiger partial charge in [0.05, 0.1) is 11.0 Å². The lowest BCUT2D eigenvalue weighted by Gasteiger charge is -2.12. The van der Waals surface area contributed by atoms with Crippen LogP contribution in [0.15, 0.2) is 85.2 Å². The van der Waals surface area contributed by atoms with Gasteiger partial charge >= 0.3 is 0 Å². The second-order valence-electron chi connectivity index (χ2n) is 7.45. The second-order valence-corrected chi connectivity index (χ2v) is 8.54. The van der Waals surface area contributed by atoms with Gasteiger partial charge in [-0.1, -0.05) is 54.6 Å². The number of fused-ring (bicyclic) bond motifs is 11. The van der Waals surface area contributed by atoms with Gasteiger partial charge in [0, 0.05) is 43.3 Å². The van der Waals surface area contributed by atoms with Crippen molar-refractivity contribution < 1.29 is 0 Å². The van der Waals surface area contributed by atoms with E-state index in [4.69, 9.17) is 9.97 Å². The van der Waals surface area contributed by atoms with Crippen molar-refractivity contribution in [3.05, 3.63) is 85.2 Å². The molecule has 0 saturated carbocycles. The lowest BCUT2D eigenvalue weighted by Crippen LogP contribution is -1.89. The number of aromatic nitrogens is 2. The highest BCUT2D eigenvalue weighted by Crippen LogP contribution is 2.42. The molecule has 0 unspecified atom stereocenters. The number of nitrogens with zero attached hydrogens (tertiary/aromatic N) is 2. The summed E-state index contributed by atoms with van der Waals surface area (Å²) >= 11 is 1.85. The van der Waals surface area contributed by atoms with Crippen LogP contribution < -0.4 is 0 Å². The van der Waals surface area contributed by atoms with Crippen LogP contribution in [0.2, 0.25) is 0 Å². The normalized spacial score (nSPS) is 12.1. The molecule has 2 nitrogen and oxygen atoms in total. The molecule has 0 amide bonds. The molecule has 0 aliphatic heterocycles. The zero-order chi connectivity index (χ0) is 18.9. The Balaban J connectivity index is 1.86. The maximum Gasteiger partial charge on any atom is 0.0972 e. The van der Waals surface area contributed by atoms with Crippen molar-refractivity contribution >= 4 is 74.9 Å². The van der Waals surface area contributed by atoms with Crippen LogP contribution in [0.3, 0.4) is 0 Å². The van der Waals surface area contributed by atoms with Crippen LogP contribution in [0.5, 0.6) is 0 Å². The van der Waals surface area contributed by atoms with Crippen LogP contribution in [0.4, 0.5) is 0 Å². The first-order chi connectivity index (χ1) is 14.4. The molecular weight excluding hydrogens is 372 g/mol. The van der Waals surface area contributed by atoms with Crippen molar-refractivity contribution in [3.8, 4) is 0 Å². The summed E-state index contributed by atoms with van der Waals surface area (Å²) in [6.45, 7) is 0. The maximum absolute atomic E-state index is 4.74. The zero-order valence-corrected chi connectivity index (χ0v) is 16.2. The van der Waals surface area contributed by atoms with Gasteiger partial charge < -0.3 is 0 Å². The molecule has 0 atom stereocenters. The second kappa shape index (κ2) is 5.49. The SMILES string of the molecule is c1ccc2c(c1)ccc1c3nccnc3c3cc4sc5ccccc5c4cc3c21. The fraction of sp³-hybridized carbons (Fsp3) is 0. The zero-order valence-electron chi connectivity index (χ0n) is 15.4. The highest BCUT2D eigenvalue weighted by molar-refractivity contribution is 7.25. The van der Waals surface area contributed by atoms with Crippen LogP contribution >= 0.6 is 11.3 Å². The lowest BCUT2D eigenvalue weighted by atomic mass is 9.94. The Morgan fingerprint density at radius 1 is 0.517 bits per heavy atom. The van der Waals surface area contributed by atoms with Gasteiger partial charge in [0.2, 0.25) is 0 Å². The molecule has 0 saturated heterocycles. The van der Waals surface area contributed by atoms with E-state index in [1.807, 2.05) is 11.3 Å². The molecule has 0 N–H and O–H groups in total. The highest BCUT2D eigenvalue weighted by Gasteiger charge is 2.15. The standard InChI is InChI=1S/C26H14N2S/c1-2-6-16-15(5-1)9-10-18-24(16)20-13-19-17-7-3-4-8-22(17)29-23(19)14-21(20)26-25(18)27-11-12-28-26/h1-14H. The molecule has 5 aromatic carbocycles. The molecule has 29 heavy (non-hydrogen) atoms. The highest BCUT2D eigenvalue weighted by atomic mass is 32.1. The molecule has 0 aliphatic carbocycles. The van der Waals surface area contributed by atoms with E-state index in [-0.39, 0.29) is 0 Å². The van der Waals surface area contributed by atoms with Gasteiger partial charge in [-0.15, -0.1) is 11.3 Å². The summed E-state index contributed by atoms with van der Waals surface area (Å²) in [7, 11) is 0. The van der Waals surface area contributed by atoms with Crippen LogP contribution in [0.1, 0.15) is 0 Å². The van der Waals surface area contributed by atoms with E-state index in [0.29, 0.717) is 0 Å². The Morgan fingerprint density at radius 3 is 2.17 bits per heavy atom. The molecule has 0 bridgehead atoms. The van der Waals surface area contributed by atoms with Gasteiger partial charge in [-0.05, 0) is 39.7 Å². The van der Waals surface area contributed by atoms with Gasteiger partial charge in [0.25, 0.3) is 0 Å². The summed E-state index contributed by atoms with van der Waals surface area (Å²) in [5.41, 5.74) is 1.95. The molecule has 0 fully saturated rings. The molecule has 134 valence electrons. The molecule has 2 heterocycles. The van der Waals surface area contributed by atoms with Crippen molar-refractivity contribution in [2.24, 2.45) is 0 Å². The van der Waals surface area contributed by atoms with Gasteiger partial charge in [-0.2, -0.15) is 0 Å². The first-order valence-electron chi connectivity index (χ1n) is 9.68. The molecule has 0 radical (unpaired) electrons. The fourth-order valence-electron chi connectivity index (χ4n) is 4.67. The predicted octanol–water partition coefficient (Wildman–Crippen LogP) is 7.46. The summed E-state index contributed by atoms with van der Waals surface area (Å²) in [6, 6.07) is 26.3. The Labute approximate surface area is 170 Å². The minimum atomic E-state index is 0.973. The smallest absolute Gasteiger partial charge is 0.0972 e. The minimum Gasteiger partial charge on any atom is -0.252 e. The molecule has 3 heteroatoms. The fourth-order valence-corrected chi connectivity index (χ4v) is 5.79. The van der Waals surface area contributed by atoms with E-state index < -0.39 is 0 Å². The lowest BCUT2D eigenvalue weighted by molar-refractivity contribution is 1.31. The maximum atomic E-state index is 4.74. The number of thiophene rings is 1. The number of hydrogen-bond donors (Lipinski definition) is 0. The summed E-state index contributed by atoms with van der Waals surface area (Å²) in [5, 5.41) is 10.0. The van der Waals surface area contributed by atoms with Crippen LogP contribution in [0, 0.1) is 0 Å². The Kier molecular flexibility index (Phi) is 2.91. The van der Waals surface area contributed by atoms with Crippen molar-refractivity contribution in [3.63, 3.8) is 0 Å². The summed E-state index contributed by atoms with van der Waals surface area (Å²) in [6.07, 6.45) is 3.59. The molecule has 2 aromatic heterocycles. The average Bonchev–Trinajstić information content (AvgIpc) is 3.15. The summed E-state index contributed by atoms with van der Waals surface area (Å²) < 4.78 is 2.62. The number of benzene rings is 5. The Hall–Kier alpha value is -3.56. The van der Waals surface area contributed by atoms with Gasteiger partial charge in [0.1, 0.15) is 0 Å². The Morgan fingerprint density at radius 2 is 1.28 bits per heavy atom. The molecule has 0 spiro atoms. The van der Waals surface area contributed by atoms with Gasteiger partial charge in [0.15, 0.2) is 0 Å². The Bertz CT molecular complexity index is 1760. The molecular formula is C26H14N2S. The van der Waals surface area contributed by atoms with E-state index in [1.165, 1.54) is 47.1 Å². The van der Waals surface area contributed by atoms with Crippen LogP contribution in [0.25, 0.3) is 63.5 Å². The third-order valence-corrected chi connectivity index (χ3v) is 7.06. The summed E-state index contributed by atoms with van der Waals surface area (Å²) in [4.78, 5) is 9.47. The first kappa shape index (κ1) is 15.4. The van der Waals surface area contributed by atoms with Crippen molar-refractivity contribution in [2.75, 3.05) is 0 Å². The van der Waals surface area contributed by atoms with Crippen LogP contribution in [-0.2, 0) is 0 Å². The van der Waals surface area contributed by atoms with E-state index in [9.17, 15) is 0 Å². The van der Waals surface area contributed by atoms with E-state index >= 15 is 0 Å². The van der Waals surface area contributed by atoms with Crippen molar-refractivity contribution in [1.82, 2.24) is 9.97 Å². The third kappa shape index (κ3) is 2.00. The van der Waals surface area contributed by atoms with Gasteiger partial charge in [-0.3, -0.25) is 9.97 Å². The summed E-state index contributed by atoms with van der Waals surface area (Å²) in [5.74, 6) is 0. The minimum absolute atomic E-state index is 0.973. The topological polar surface area (TPSA) is 25.8 Å². The van der Waals surface area contributed by atoms with Crippen molar-refractivity contribution in [1.29, 1.82) is 0 Å². The quantitative estimate of drug-likeness (QED) is 0.253. The average molecular weight is 386 g/mol. The number of hydrogen-bond acceptors (Lipinski definition) is 3. The molecule has 7 aromatic rings. The van der Waals surface area contributed by atoms with E-state index in [1.54, 1.807) is 12.4 Å². The number of rotatable bonds is 0. The van der Waals surface area contributed by atoms with E-state index in [0.717, 1.165) is 16.4 Å². The largest absolute Gasteiger partial charge is 0.252 e. The van der Waals surface area contributed by atoms with Crippen LogP contribution in [-0.4, -0.2) is 9.97 Å².